The van der Waals surface area contributed by atoms with Crippen molar-refractivity contribution >= 4 is 17.5 Å². The standard InChI is InChI=1S/C15H16ClNO2/c1-3-17(10-12-5-4-6-13(16)9-12)15(18)14-11(2)7-8-19-14/h4-9H,3,10H2,1-2H3. The number of benzene rings is 1. The molecule has 0 unspecified atom stereocenters. The van der Waals surface area contributed by atoms with Crippen LogP contribution in [0.2, 0.25) is 5.02 Å². The molecular formula is C15H16ClNO2. The fraction of sp³-hybridized carbons (Fsp3) is 0.267. The van der Waals surface area contributed by atoms with Gasteiger partial charge in [-0.2, -0.15) is 0 Å². The van der Waals surface area contributed by atoms with Crippen LogP contribution in [-0.4, -0.2) is 17.4 Å². The van der Waals surface area contributed by atoms with Crippen LogP contribution in [0.4, 0.5) is 0 Å². The van der Waals surface area contributed by atoms with E-state index in [4.69, 9.17) is 16.0 Å². The van der Waals surface area contributed by atoms with E-state index in [0.717, 1.165) is 11.1 Å². The van der Waals surface area contributed by atoms with Crippen LogP contribution >= 0.6 is 11.6 Å². The molecule has 19 heavy (non-hydrogen) atoms. The predicted molar refractivity (Wildman–Crippen MR) is 75.3 cm³/mol. The topological polar surface area (TPSA) is 33.5 Å². The summed E-state index contributed by atoms with van der Waals surface area (Å²) in [5.41, 5.74) is 1.86. The lowest BCUT2D eigenvalue weighted by molar-refractivity contribution is 0.0719. The minimum atomic E-state index is -0.0926. The second kappa shape index (κ2) is 5.93. The molecule has 100 valence electrons. The number of aryl methyl sites for hydroxylation is 1. The molecule has 2 rings (SSSR count). The third-order valence-electron chi connectivity index (χ3n) is 2.99. The van der Waals surface area contributed by atoms with Gasteiger partial charge in [-0.1, -0.05) is 23.7 Å². The van der Waals surface area contributed by atoms with Gasteiger partial charge in [0.05, 0.1) is 6.26 Å². The van der Waals surface area contributed by atoms with Crippen molar-refractivity contribution in [2.75, 3.05) is 6.54 Å². The minimum absolute atomic E-state index is 0.0926. The van der Waals surface area contributed by atoms with E-state index < -0.39 is 0 Å². The smallest absolute Gasteiger partial charge is 0.290 e. The van der Waals surface area contributed by atoms with Gasteiger partial charge < -0.3 is 9.32 Å². The van der Waals surface area contributed by atoms with Crippen molar-refractivity contribution in [3.05, 3.63) is 58.5 Å². The first-order valence-corrected chi connectivity index (χ1v) is 6.57. The summed E-state index contributed by atoms with van der Waals surface area (Å²) in [4.78, 5) is 14.1. The maximum atomic E-state index is 12.3. The van der Waals surface area contributed by atoms with Crippen LogP contribution < -0.4 is 0 Å². The van der Waals surface area contributed by atoms with Gasteiger partial charge in [0.2, 0.25) is 0 Å². The van der Waals surface area contributed by atoms with Gasteiger partial charge in [-0.15, -0.1) is 0 Å². The number of nitrogens with zero attached hydrogens (tertiary/aromatic N) is 1. The lowest BCUT2D eigenvalue weighted by Gasteiger charge is -2.20. The maximum Gasteiger partial charge on any atom is 0.290 e. The van der Waals surface area contributed by atoms with Crippen LogP contribution in [0.3, 0.4) is 0 Å². The molecular weight excluding hydrogens is 262 g/mol. The Bertz CT molecular complexity index is 577. The number of halogens is 1. The van der Waals surface area contributed by atoms with Gasteiger partial charge in [-0.05, 0) is 37.6 Å². The first-order chi connectivity index (χ1) is 9.11. The Morgan fingerprint density at radius 1 is 1.37 bits per heavy atom. The van der Waals surface area contributed by atoms with Crippen LogP contribution in [0.25, 0.3) is 0 Å². The van der Waals surface area contributed by atoms with E-state index in [1.165, 1.54) is 6.26 Å². The number of amides is 1. The molecule has 0 atom stereocenters. The first-order valence-electron chi connectivity index (χ1n) is 6.19. The summed E-state index contributed by atoms with van der Waals surface area (Å²) in [5, 5.41) is 0.676. The van der Waals surface area contributed by atoms with Gasteiger partial charge in [-0.25, -0.2) is 0 Å². The average Bonchev–Trinajstić information content (AvgIpc) is 2.81. The fourth-order valence-electron chi connectivity index (χ4n) is 1.92. The fourth-order valence-corrected chi connectivity index (χ4v) is 2.13. The van der Waals surface area contributed by atoms with Crippen molar-refractivity contribution in [3.8, 4) is 0 Å². The Balaban J connectivity index is 2.17. The molecule has 0 aliphatic rings. The van der Waals surface area contributed by atoms with Crippen molar-refractivity contribution < 1.29 is 9.21 Å². The summed E-state index contributed by atoms with van der Waals surface area (Å²) in [5.74, 6) is 0.314. The number of hydrogen-bond donors (Lipinski definition) is 0. The predicted octanol–water partition coefficient (Wildman–Crippen LogP) is 3.90. The van der Waals surface area contributed by atoms with Crippen LogP contribution in [-0.2, 0) is 6.54 Å². The normalized spacial score (nSPS) is 10.5. The van der Waals surface area contributed by atoms with Crippen LogP contribution in [0.15, 0.2) is 41.0 Å². The number of hydrogen-bond acceptors (Lipinski definition) is 2. The number of carbonyl (C=O) groups is 1. The molecule has 0 radical (unpaired) electrons. The Hall–Kier alpha value is -1.74. The van der Waals surface area contributed by atoms with Gasteiger partial charge in [0.1, 0.15) is 0 Å². The molecule has 0 aliphatic heterocycles. The molecule has 4 heteroatoms. The summed E-state index contributed by atoms with van der Waals surface area (Å²) in [6.45, 7) is 4.95. The molecule has 0 saturated heterocycles. The van der Waals surface area contributed by atoms with Crippen LogP contribution in [0.5, 0.6) is 0 Å². The quantitative estimate of drug-likeness (QED) is 0.849. The van der Waals surface area contributed by atoms with Crippen molar-refractivity contribution in [2.24, 2.45) is 0 Å². The molecule has 1 amide bonds. The van der Waals surface area contributed by atoms with E-state index in [9.17, 15) is 4.79 Å². The van der Waals surface area contributed by atoms with E-state index >= 15 is 0 Å². The lowest BCUT2D eigenvalue weighted by Crippen LogP contribution is -2.30. The van der Waals surface area contributed by atoms with Gasteiger partial charge in [-0.3, -0.25) is 4.79 Å². The molecule has 3 nitrogen and oxygen atoms in total. The highest BCUT2D eigenvalue weighted by molar-refractivity contribution is 6.30. The maximum absolute atomic E-state index is 12.3. The van der Waals surface area contributed by atoms with Gasteiger partial charge in [0.25, 0.3) is 5.91 Å². The molecule has 0 aliphatic carbocycles. The zero-order valence-corrected chi connectivity index (χ0v) is 11.8. The van der Waals surface area contributed by atoms with Gasteiger partial charge in [0.15, 0.2) is 5.76 Å². The highest BCUT2D eigenvalue weighted by Gasteiger charge is 2.19. The molecule has 0 fully saturated rings. The van der Waals surface area contributed by atoms with E-state index in [1.807, 2.05) is 38.1 Å². The third kappa shape index (κ3) is 3.18. The van der Waals surface area contributed by atoms with Gasteiger partial charge in [0, 0.05) is 23.7 Å². The minimum Gasteiger partial charge on any atom is -0.459 e. The lowest BCUT2D eigenvalue weighted by atomic mass is 10.2. The molecule has 1 aromatic heterocycles. The highest BCUT2D eigenvalue weighted by Crippen LogP contribution is 2.16. The zero-order valence-electron chi connectivity index (χ0n) is 11.0. The molecule has 1 heterocycles. The zero-order chi connectivity index (χ0) is 13.8. The number of rotatable bonds is 4. The molecule has 0 spiro atoms. The second-order valence-corrected chi connectivity index (χ2v) is 4.82. The second-order valence-electron chi connectivity index (χ2n) is 4.38. The Morgan fingerprint density at radius 2 is 2.16 bits per heavy atom. The molecule has 2 aromatic rings. The van der Waals surface area contributed by atoms with Gasteiger partial charge >= 0.3 is 0 Å². The number of carbonyl (C=O) groups excluding carboxylic acids is 1. The SMILES string of the molecule is CCN(Cc1cccc(Cl)c1)C(=O)c1occc1C. The van der Waals surface area contributed by atoms with E-state index in [1.54, 1.807) is 11.0 Å². The molecule has 1 aromatic carbocycles. The summed E-state index contributed by atoms with van der Waals surface area (Å²) >= 11 is 5.95. The average molecular weight is 278 g/mol. The van der Waals surface area contributed by atoms with Crippen LogP contribution in [0.1, 0.15) is 28.6 Å². The Kier molecular flexibility index (Phi) is 4.27. The molecule has 0 saturated carbocycles. The van der Waals surface area contributed by atoms with Crippen molar-refractivity contribution in [1.29, 1.82) is 0 Å². The first kappa shape index (κ1) is 13.7. The monoisotopic (exact) mass is 277 g/mol. The third-order valence-corrected chi connectivity index (χ3v) is 3.22. The molecule has 0 N–H and O–H groups in total. The van der Waals surface area contributed by atoms with E-state index in [2.05, 4.69) is 0 Å². The van der Waals surface area contributed by atoms with Crippen molar-refractivity contribution in [2.45, 2.75) is 20.4 Å². The largest absolute Gasteiger partial charge is 0.459 e. The summed E-state index contributed by atoms with van der Waals surface area (Å²) in [6.07, 6.45) is 1.54. The van der Waals surface area contributed by atoms with E-state index in [0.29, 0.717) is 23.9 Å². The summed E-state index contributed by atoms with van der Waals surface area (Å²) in [6, 6.07) is 9.32. The van der Waals surface area contributed by atoms with Crippen LogP contribution in [0, 0.1) is 6.92 Å². The Labute approximate surface area is 117 Å². The highest BCUT2D eigenvalue weighted by atomic mass is 35.5. The van der Waals surface area contributed by atoms with E-state index in [-0.39, 0.29) is 5.91 Å². The van der Waals surface area contributed by atoms with Crippen molar-refractivity contribution in [3.63, 3.8) is 0 Å². The molecule has 0 bridgehead atoms. The van der Waals surface area contributed by atoms with Crippen molar-refractivity contribution in [1.82, 2.24) is 4.90 Å². The summed E-state index contributed by atoms with van der Waals surface area (Å²) < 4.78 is 5.25. The summed E-state index contributed by atoms with van der Waals surface area (Å²) in [7, 11) is 0. The number of furan rings is 1. The Morgan fingerprint density at radius 3 is 2.74 bits per heavy atom.